The third kappa shape index (κ3) is 65.0. The van der Waals surface area contributed by atoms with Crippen LogP contribution in [0.15, 0.2) is 36.9 Å². The molecule has 0 saturated heterocycles. The van der Waals surface area contributed by atoms with Crippen LogP contribution in [0.1, 0.15) is 13.8 Å². The average molecular weight is 295 g/mol. The zero-order valence-corrected chi connectivity index (χ0v) is 10.5. The Morgan fingerprint density at radius 2 is 1.33 bits per heavy atom. The van der Waals surface area contributed by atoms with Crippen LogP contribution in [-0.2, 0) is 29.1 Å². The van der Waals surface area contributed by atoms with E-state index in [0.717, 1.165) is 0 Å². The second-order valence-corrected chi connectivity index (χ2v) is 2.11. The van der Waals surface area contributed by atoms with E-state index in [-0.39, 0.29) is 19.5 Å². The average Bonchev–Trinajstić information content (AvgIpc) is 2.25. The Balaban J connectivity index is -0.0000000601. The van der Waals surface area contributed by atoms with Crippen LogP contribution in [0.25, 0.3) is 0 Å². The van der Waals surface area contributed by atoms with Crippen LogP contribution in [0.5, 0.6) is 0 Å². The molecule has 0 aromatic carbocycles. The van der Waals surface area contributed by atoms with Gasteiger partial charge < -0.3 is 9.59 Å². The Kier molecular flexibility index (Phi) is 46.0. The first-order valence-electron chi connectivity index (χ1n) is 3.52. The van der Waals surface area contributed by atoms with Gasteiger partial charge in [-0.25, -0.2) is 9.97 Å². The summed E-state index contributed by atoms with van der Waals surface area (Å²) in [4.78, 5) is 22.8. The third-order valence-electron chi connectivity index (χ3n) is 0.478. The van der Waals surface area contributed by atoms with Crippen molar-refractivity contribution in [3.63, 3.8) is 0 Å². The Hall–Kier alpha value is -1.22. The minimum absolute atomic E-state index is 0. The molecular weight excluding hydrogens is 281 g/mol. The summed E-state index contributed by atoms with van der Waals surface area (Å²) < 4.78 is 0. The van der Waals surface area contributed by atoms with Crippen LogP contribution in [0.2, 0.25) is 0 Å². The zero-order chi connectivity index (χ0) is 11.8. The second kappa shape index (κ2) is 29.3. The van der Waals surface area contributed by atoms with E-state index in [0.29, 0.717) is 0 Å². The maximum atomic E-state index is 7.75. The van der Waals surface area contributed by atoms with Crippen LogP contribution in [0, 0.1) is 0 Å². The summed E-state index contributed by atoms with van der Waals surface area (Å²) in [5.74, 6) is 0. The van der Waals surface area contributed by atoms with E-state index >= 15 is 0 Å². The Bertz CT molecular complexity index is 175. The number of hydrogen-bond donors (Lipinski definition) is 0. The van der Waals surface area contributed by atoms with Crippen LogP contribution in [0.3, 0.4) is 0 Å². The van der Waals surface area contributed by atoms with Crippen LogP contribution in [-0.4, -0.2) is 23.5 Å². The summed E-state index contributed by atoms with van der Waals surface area (Å²) in [6.45, 7) is 14.0. The minimum Gasteiger partial charge on any atom is -0.545 e. The maximum Gasteiger partial charge on any atom is 2.00 e. The largest absolute Gasteiger partial charge is 2.00 e. The van der Waals surface area contributed by atoms with Crippen LogP contribution in [0.4, 0.5) is 0 Å². The summed E-state index contributed by atoms with van der Waals surface area (Å²) in [5, 5.41) is 0. The van der Waals surface area contributed by atoms with Crippen LogP contribution >= 0.6 is 0 Å². The van der Waals surface area contributed by atoms with Gasteiger partial charge in [-0.15, -0.1) is 6.58 Å². The fraction of sp³-hybridized carbons (Fsp3) is 0.200. The van der Waals surface area contributed by atoms with Crippen molar-refractivity contribution in [2.24, 2.45) is 0 Å². The molecule has 0 aliphatic heterocycles. The molecule has 1 aromatic rings. The monoisotopic (exact) mass is 296 g/mol. The minimum atomic E-state index is 0. The smallest absolute Gasteiger partial charge is 0.545 e. The molecule has 5 heteroatoms. The van der Waals surface area contributed by atoms with Crippen molar-refractivity contribution in [3.05, 3.63) is 36.9 Å². The number of rotatable bonds is 0. The molecule has 4 nitrogen and oxygen atoms in total. The summed E-state index contributed by atoms with van der Waals surface area (Å²) >= 11 is 0. The molecule has 0 radical (unpaired) electrons. The van der Waals surface area contributed by atoms with Crippen LogP contribution < -0.4 is 0 Å². The van der Waals surface area contributed by atoms with Crippen molar-refractivity contribution < 1.29 is 29.1 Å². The van der Waals surface area contributed by atoms with Gasteiger partial charge in [-0.1, -0.05) is 5.57 Å². The molecule has 1 aromatic heterocycles. The number of hydrogen-bond acceptors (Lipinski definition) is 4. The molecule has 0 unspecified atom stereocenters. The molecule has 0 bridgehead atoms. The molecule has 0 saturated carbocycles. The Labute approximate surface area is 104 Å². The SMILES string of the molecule is C=C(C)C.[CH-]=O.[CH-]=O.[Ru+2].c1cncnc1. The number of carbonyl (C=O) groups excluding carboxylic acids is 2. The predicted octanol–water partition coefficient (Wildman–Crippen LogP) is 1.51. The Morgan fingerprint density at radius 3 is 1.40 bits per heavy atom. The normalized spacial score (nSPS) is 5.47. The summed E-state index contributed by atoms with van der Waals surface area (Å²) in [5.41, 5.74) is 1.17. The van der Waals surface area contributed by atoms with Crippen molar-refractivity contribution in [2.75, 3.05) is 0 Å². The van der Waals surface area contributed by atoms with Gasteiger partial charge in [0.25, 0.3) is 0 Å². The molecule has 0 N–H and O–H groups in total. The van der Waals surface area contributed by atoms with Gasteiger partial charge >= 0.3 is 19.5 Å². The summed E-state index contributed by atoms with van der Waals surface area (Å²) in [6.07, 6.45) is 4.88. The van der Waals surface area contributed by atoms with E-state index in [1.54, 1.807) is 18.5 Å². The fourth-order valence-corrected chi connectivity index (χ4v) is 0.253. The molecular formula is C10H14N2O2Ru. The molecule has 0 aliphatic rings. The van der Waals surface area contributed by atoms with Gasteiger partial charge in [0.15, 0.2) is 0 Å². The standard InChI is InChI=1S/C4H4N2.C4H8.2CHO.Ru/c1-2-5-4-6-3-1;1-4(2)3;2*1-2;/h1-4H;1H2,2-3H3;2*1H;/q;;2*-1;+2. The van der Waals surface area contributed by atoms with Gasteiger partial charge in [0.1, 0.15) is 6.33 Å². The number of allylic oxidation sites excluding steroid dienone is 1. The topological polar surface area (TPSA) is 59.9 Å². The fourth-order valence-electron chi connectivity index (χ4n) is 0.253. The molecule has 0 aliphatic carbocycles. The van der Waals surface area contributed by atoms with Crippen molar-refractivity contribution in [2.45, 2.75) is 13.8 Å². The van der Waals surface area contributed by atoms with Gasteiger partial charge in [-0.2, -0.15) is 0 Å². The van der Waals surface area contributed by atoms with Crippen molar-refractivity contribution >= 4 is 13.6 Å². The third-order valence-corrected chi connectivity index (χ3v) is 0.478. The first-order valence-corrected chi connectivity index (χ1v) is 3.52. The van der Waals surface area contributed by atoms with Gasteiger partial charge in [0.05, 0.1) is 0 Å². The van der Waals surface area contributed by atoms with Crippen molar-refractivity contribution in [3.8, 4) is 0 Å². The quantitative estimate of drug-likeness (QED) is 0.315. The second-order valence-electron chi connectivity index (χ2n) is 2.11. The molecule has 0 atom stereocenters. The molecule has 0 spiro atoms. The first-order chi connectivity index (χ1) is 6.73. The first kappa shape index (κ1) is 23.5. The van der Waals surface area contributed by atoms with E-state index < -0.39 is 0 Å². The predicted molar refractivity (Wildman–Crippen MR) is 56.0 cm³/mol. The van der Waals surface area contributed by atoms with Gasteiger partial charge in [-0.3, -0.25) is 13.6 Å². The Morgan fingerprint density at radius 1 is 1.07 bits per heavy atom. The maximum absolute atomic E-state index is 7.75. The number of aromatic nitrogens is 2. The number of nitrogens with zero attached hydrogens (tertiary/aromatic N) is 2. The summed E-state index contributed by atoms with van der Waals surface area (Å²) in [7, 11) is 0. The molecule has 1 rings (SSSR count). The molecule has 0 amide bonds. The van der Waals surface area contributed by atoms with Crippen molar-refractivity contribution in [1.29, 1.82) is 0 Å². The molecule has 15 heavy (non-hydrogen) atoms. The molecule has 1 heterocycles. The van der Waals surface area contributed by atoms with E-state index in [9.17, 15) is 0 Å². The molecule has 84 valence electrons. The van der Waals surface area contributed by atoms with Gasteiger partial charge in [0.2, 0.25) is 0 Å². The van der Waals surface area contributed by atoms with Crippen molar-refractivity contribution in [1.82, 2.24) is 9.97 Å². The van der Waals surface area contributed by atoms with E-state index in [2.05, 4.69) is 30.1 Å². The van der Waals surface area contributed by atoms with Gasteiger partial charge in [-0.05, 0) is 19.9 Å². The van der Waals surface area contributed by atoms with E-state index in [1.807, 2.05) is 13.8 Å². The van der Waals surface area contributed by atoms with E-state index in [4.69, 9.17) is 9.59 Å². The molecule has 0 fully saturated rings. The van der Waals surface area contributed by atoms with Gasteiger partial charge in [0, 0.05) is 12.4 Å². The van der Waals surface area contributed by atoms with E-state index in [1.165, 1.54) is 11.9 Å². The summed E-state index contributed by atoms with van der Waals surface area (Å²) in [6, 6.07) is 1.78. The zero-order valence-electron chi connectivity index (χ0n) is 8.74.